The molecule has 0 spiro atoms. The van der Waals surface area contributed by atoms with E-state index in [1.807, 2.05) is 24.3 Å². The summed E-state index contributed by atoms with van der Waals surface area (Å²) in [6.45, 7) is 4.28. The number of aliphatic imine (C=N–C) groups is 1. The van der Waals surface area contributed by atoms with Crippen molar-refractivity contribution in [2.24, 2.45) is 4.99 Å². The maximum atomic E-state index is 6.05. The van der Waals surface area contributed by atoms with Crippen LogP contribution in [0.5, 0.6) is 0 Å². The molecule has 1 aromatic carbocycles. The molecule has 2 saturated heterocycles. The first-order valence-corrected chi connectivity index (χ1v) is 9.55. The lowest BCUT2D eigenvalue weighted by Crippen LogP contribution is -2.33. The van der Waals surface area contributed by atoms with Gasteiger partial charge in [0.1, 0.15) is 10.8 Å². The minimum atomic E-state index is 0.637. The van der Waals surface area contributed by atoms with Gasteiger partial charge < -0.3 is 14.5 Å². The van der Waals surface area contributed by atoms with Gasteiger partial charge in [-0.1, -0.05) is 36.0 Å². The predicted octanol–water partition coefficient (Wildman–Crippen LogP) is 3.85. The van der Waals surface area contributed by atoms with Crippen molar-refractivity contribution in [2.45, 2.75) is 19.3 Å². The number of amidine groups is 1. The Bertz CT molecular complexity index is 666. The molecule has 6 heteroatoms. The maximum Gasteiger partial charge on any atom is 0.137 e. The van der Waals surface area contributed by atoms with Crippen LogP contribution in [0.1, 0.15) is 24.8 Å². The van der Waals surface area contributed by atoms with Gasteiger partial charge >= 0.3 is 0 Å². The average molecular weight is 378 g/mol. The van der Waals surface area contributed by atoms with Crippen LogP contribution in [0.4, 0.5) is 0 Å². The van der Waals surface area contributed by atoms with Crippen LogP contribution in [0, 0.1) is 0 Å². The molecule has 0 aromatic heterocycles. The van der Waals surface area contributed by atoms with Gasteiger partial charge in [0.15, 0.2) is 0 Å². The van der Waals surface area contributed by atoms with E-state index in [1.54, 1.807) is 0 Å². The molecule has 25 heavy (non-hydrogen) atoms. The summed E-state index contributed by atoms with van der Waals surface area (Å²) < 4.78 is 5.44. The topological polar surface area (TPSA) is 28.1 Å². The molecule has 2 fully saturated rings. The van der Waals surface area contributed by atoms with E-state index < -0.39 is 0 Å². The molecule has 3 rings (SSSR count). The van der Waals surface area contributed by atoms with Crippen LogP contribution in [0.3, 0.4) is 0 Å². The Labute approximate surface area is 160 Å². The highest BCUT2D eigenvalue weighted by molar-refractivity contribution is 7.81. The van der Waals surface area contributed by atoms with Crippen LogP contribution in [-0.4, -0.2) is 60.5 Å². The lowest BCUT2D eigenvalue weighted by molar-refractivity contribution is 0.0597. The molecule has 1 aromatic rings. The first kappa shape index (κ1) is 18.4. The van der Waals surface area contributed by atoms with Crippen LogP contribution < -0.4 is 0 Å². The first-order valence-electron chi connectivity index (χ1n) is 8.76. The number of piperidine rings is 1. The van der Waals surface area contributed by atoms with Gasteiger partial charge in [-0.25, -0.2) is 4.99 Å². The third-order valence-corrected chi connectivity index (χ3v) is 5.12. The number of ether oxygens (including phenoxy) is 1. The number of likely N-dealkylation sites (tertiary alicyclic amines) is 1. The second kappa shape index (κ2) is 8.79. The summed E-state index contributed by atoms with van der Waals surface area (Å²) in [5.74, 6) is 1.08. The zero-order valence-electron chi connectivity index (χ0n) is 14.6. The van der Waals surface area contributed by atoms with Gasteiger partial charge in [-0.3, -0.25) is 0 Å². The molecule has 0 aliphatic carbocycles. The van der Waals surface area contributed by atoms with Gasteiger partial charge in [0.2, 0.25) is 0 Å². The highest BCUT2D eigenvalue weighted by atomic mass is 35.5. The normalized spacial score (nSPS) is 20.9. The van der Waals surface area contributed by atoms with Crippen LogP contribution in [-0.2, 0) is 4.74 Å². The minimum absolute atomic E-state index is 0.637. The molecule has 0 unspecified atom stereocenters. The van der Waals surface area contributed by atoms with Crippen LogP contribution in [0.25, 0.3) is 5.57 Å². The Hall–Kier alpha value is -1.43. The molecule has 0 bridgehead atoms. The molecular formula is C19H24ClN3OS. The molecule has 4 nitrogen and oxygen atoms in total. The van der Waals surface area contributed by atoms with E-state index in [4.69, 9.17) is 33.5 Å². The monoisotopic (exact) mass is 377 g/mol. The van der Waals surface area contributed by atoms with E-state index in [1.165, 1.54) is 12.8 Å². The summed E-state index contributed by atoms with van der Waals surface area (Å²) in [5, 5.41) is 0.721. The molecule has 134 valence electrons. The van der Waals surface area contributed by atoms with Gasteiger partial charge in [-0.05, 0) is 30.5 Å². The number of halogens is 1. The predicted molar refractivity (Wildman–Crippen MR) is 108 cm³/mol. The fraction of sp³-hybridized carbons (Fsp3) is 0.474. The van der Waals surface area contributed by atoms with E-state index in [2.05, 4.69) is 23.0 Å². The number of morpholine rings is 1. The maximum absolute atomic E-state index is 6.05. The van der Waals surface area contributed by atoms with E-state index in [-0.39, 0.29) is 0 Å². The number of nitrogens with zero attached hydrogens (tertiary/aromatic N) is 3. The van der Waals surface area contributed by atoms with Gasteiger partial charge in [-0.15, -0.1) is 0 Å². The quantitative estimate of drug-likeness (QED) is 0.590. The molecular weight excluding hydrogens is 354 g/mol. The van der Waals surface area contributed by atoms with Crippen molar-refractivity contribution < 1.29 is 4.74 Å². The largest absolute Gasteiger partial charge is 0.378 e. The van der Waals surface area contributed by atoms with Crippen LogP contribution in [0.2, 0.25) is 5.02 Å². The molecule has 0 radical (unpaired) electrons. The zero-order chi connectivity index (χ0) is 17.6. The van der Waals surface area contributed by atoms with Crippen molar-refractivity contribution in [1.82, 2.24) is 9.80 Å². The lowest BCUT2D eigenvalue weighted by Gasteiger charge is -2.28. The fourth-order valence-electron chi connectivity index (χ4n) is 3.04. The first-order chi connectivity index (χ1) is 12.1. The van der Waals surface area contributed by atoms with E-state index in [0.29, 0.717) is 4.99 Å². The van der Waals surface area contributed by atoms with Crippen molar-refractivity contribution in [3.8, 4) is 0 Å². The molecule has 2 aliphatic rings. The second-order valence-electron chi connectivity index (χ2n) is 6.41. The van der Waals surface area contributed by atoms with Crippen molar-refractivity contribution in [2.75, 3.05) is 39.9 Å². The molecule has 0 atom stereocenters. The van der Waals surface area contributed by atoms with Crippen molar-refractivity contribution in [3.05, 3.63) is 41.1 Å². The number of hydrogen-bond acceptors (Lipinski definition) is 3. The number of rotatable bonds is 3. The number of thiocarbonyl (C=S) groups is 1. The van der Waals surface area contributed by atoms with E-state index >= 15 is 0 Å². The average Bonchev–Trinajstić information content (AvgIpc) is 2.63. The summed E-state index contributed by atoms with van der Waals surface area (Å²) in [5.41, 5.74) is 2.02. The zero-order valence-corrected chi connectivity index (χ0v) is 16.2. The van der Waals surface area contributed by atoms with Gasteiger partial charge in [0.05, 0.1) is 13.2 Å². The highest BCUT2D eigenvalue weighted by Crippen LogP contribution is 2.22. The number of hydrogen-bond donors (Lipinski definition) is 0. The van der Waals surface area contributed by atoms with Gasteiger partial charge in [0.25, 0.3) is 0 Å². The van der Waals surface area contributed by atoms with Crippen molar-refractivity contribution in [3.63, 3.8) is 0 Å². The number of benzene rings is 1. The lowest BCUT2D eigenvalue weighted by atomic mass is 10.1. The van der Waals surface area contributed by atoms with Crippen molar-refractivity contribution in [1.29, 1.82) is 0 Å². The standard InChI is InChI=1S/C19H24ClN3OS/c1-22-9-3-2-4-18(22)21-19(25)17(14-23-10-12-24-13-11-23)15-5-7-16(20)8-6-15/h5-8,14H,2-4,9-13H2,1H3/b17-14+,21-18?. The molecule has 0 saturated carbocycles. The summed E-state index contributed by atoms with van der Waals surface area (Å²) >= 11 is 11.8. The third-order valence-electron chi connectivity index (χ3n) is 4.56. The Morgan fingerprint density at radius 2 is 1.88 bits per heavy atom. The highest BCUT2D eigenvalue weighted by Gasteiger charge is 2.16. The van der Waals surface area contributed by atoms with Gasteiger partial charge in [-0.2, -0.15) is 0 Å². The smallest absolute Gasteiger partial charge is 0.137 e. The third kappa shape index (κ3) is 5.03. The SMILES string of the molecule is CN1CCCCC1=NC(=S)/C(=C/N1CCOCC1)c1ccc(Cl)cc1. The Balaban J connectivity index is 1.89. The summed E-state index contributed by atoms with van der Waals surface area (Å²) in [6, 6.07) is 7.80. The fourth-order valence-corrected chi connectivity index (χ4v) is 3.44. The van der Waals surface area contributed by atoms with Crippen LogP contribution in [0.15, 0.2) is 35.5 Å². The minimum Gasteiger partial charge on any atom is -0.378 e. The Kier molecular flexibility index (Phi) is 6.45. The summed E-state index contributed by atoms with van der Waals surface area (Å²) in [7, 11) is 2.09. The molecule has 0 amide bonds. The Morgan fingerprint density at radius 3 is 2.56 bits per heavy atom. The molecule has 2 heterocycles. The van der Waals surface area contributed by atoms with E-state index in [0.717, 1.165) is 61.3 Å². The Morgan fingerprint density at radius 1 is 1.16 bits per heavy atom. The van der Waals surface area contributed by atoms with Crippen molar-refractivity contribution >= 4 is 40.2 Å². The summed E-state index contributed by atoms with van der Waals surface area (Å²) in [6.07, 6.45) is 5.51. The van der Waals surface area contributed by atoms with E-state index in [9.17, 15) is 0 Å². The molecule has 2 aliphatic heterocycles. The van der Waals surface area contributed by atoms with Gasteiger partial charge in [0, 0.05) is 49.9 Å². The summed E-state index contributed by atoms with van der Waals surface area (Å²) in [4.78, 5) is 9.90. The molecule has 0 N–H and O–H groups in total. The van der Waals surface area contributed by atoms with Crippen LogP contribution >= 0.6 is 23.8 Å². The second-order valence-corrected chi connectivity index (χ2v) is 7.23.